The molecule has 0 unspecified atom stereocenters. The van der Waals surface area contributed by atoms with Crippen LogP contribution in [0.3, 0.4) is 0 Å². The fraction of sp³-hybridized carbons (Fsp3) is 0.455. The highest BCUT2D eigenvalue weighted by Crippen LogP contribution is 2.20. The number of nitrogens with zero attached hydrogens (tertiary/aromatic N) is 2. The van der Waals surface area contributed by atoms with Gasteiger partial charge in [-0.1, -0.05) is 0 Å². The molecule has 0 aromatic carbocycles. The van der Waals surface area contributed by atoms with Crippen molar-refractivity contribution in [2.75, 3.05) is 13.1 Å². The van der Waals surface area contributed by atoms with Crippen molar-refractivity contribution in [3.05, 3.63) is 21.9 Å². The lowest BCUT2D eigenvalue weighted by Crippen LogP contribution is -2.39. The van der Waals surface area contributed by atoms with E-state index in [1.807, 2.05) is 6.07 Å². The van der Waals surface area contributed by atoms with Crippen LogP contribution in [-0.4, -0.2) is 35.1 Å². The zero-order valence-corrected chi connectivity index (χ0v) is 9.54. The molecule has 1 fully saturated rings. The van der Waals surface area contributed by atoms with E-state index in [0.29, 0.717) is 36.4 Å². The molecule has 16 heavy (non-hydrogen) atoms. The number of hydrogen-bond acceptors (Lipinski definition) is 4. The molecule has 0 aliphatic carbocycles. The predicted octanol–water partition coefficient (Wildman–Crippen LogP) is 1.22. The summed E-state index contributed by atoms with van der Waals surface area (Å²) < 4.78 is 0. The smallest absolute Gasteiger partial charge is 0.265 e. The molecule has 0 atom stereocenters. The van der Waals surface area contributed by atoms with Crippen LogP contribution in [0, 0.1) is 11.3 Å². The van der Waals surface area contributed by atoms with E-state index >= 15 is 0 Å². The van der Waals surface area contributed by atoms with Crippen LogP contribution in [0.4, 0.5) is 0 Å². The highest BCUT2D eigenvalue weighted by atomic mass is 32.1. The van der Waals surface area contributed by atoms with E-state index in [0.717, 1.165) is 0 Å². The first-order valence-corrected chi connectivity index (χ1v) is 6.05. The number of piperidine rings is 1. The first-order chi connectivity index (χ1) is 7.72. The van der Waals surface area contributed by atoms with E-state index < -0.39 is 0 Å². The monoisotopic (exact) mass is 236 g/mol. The second-order valence-corrected chi connectivity index (χ2v) is 4.71. The molecule has 0 saturated carbocycles. The summed E-state index contributed by atoms with van der Waals surface area (Å²) in [5.41, 5.74) is 0.445. The van der Waals surface area contributed by atoms with Crippen LogP contribution in [-0.2, 0) is 0 Å². The van der Waals surface area contributed by atoms with E-state index in [-0.39, 0.29) is 12.0 Å². The first kappa shape index (κ1) is 11.1. The molecular formula is C11H12N2O2S. The average molecular weight is 236 g/mol. The summed E-state index contributed by atoms with van der Waals surface area (Å²) in [7, 11) is 0. The number of amides is 1. The van der Waals surface area contributed by atoms with Crippen LogP contribution < -0.4 is 0 Å². The van der Waals surface area contributed by atoms with Crippen molar-refractivity contribution in [3.8, 4) is 6.07 Å². The third kappa shape index (κ3) is 2.08. The second kappa shape index (κ2) is 4.64. The van der Waals surface area contributed by atoms with Gasteiger partial charge >= 0.3 is 0 Å². The van der Waals surface area contributed by atoms with Gasteiger partial charge in [0.1, 0.15) is 10.9 Å². The van der Waals surface area contributed by atoms with Crippen LogP contribution >= 0.6 is 11.3 Å². The molecule has 0 bridgehead atoms. The summed E-state index contributed by atoms with van der Waals surface area (Å²) in [6.07, 6.45) is 0.959. The van der Waals surface area contributed by atoms with Gasteiger partial charge in [0.05, 0.1) is 11.7 Å². The lowest BCUT2D eigenvalue weighted by Gasteiger charge is -2.29. The van der Waals surface area contributed by atoms with Gasteiger partial charge < -0.3 is 10.0 Å². The van der Waals surface area contributed by atoms with Gasteiger partial charge in [0.15, 0.2) is 0 Å². The van der Waals surface area contributed by atoms with E-state index in [4.69, 9.17) is 5.26 Å². The number of nitriles is 1. The van der Waals surface area contributed by atoms with Gasteiger partial charge in [-0.25, -0.2) is 0 Å². The Morgan fingerprint density at radius 1 is 1.56 bits per heavy atom. The number of likely N-dealkylation sites (tertiary alicyclic amines) is 1. The Labute approximate surface area is 97.7 Å². The van der Waals surface area contributed by atoms with Crippen molar-refractivity contribution in [2.45, 2.75) is 18.9 Å². The highest BCUT2D eigenvalue weighted by Gasteiger charge is 2.24. The maximum absolute atomic E-state index is 12.1. The molecule has 4 nitrogen and oxygen atoms in total. The number of thiophene rings is 1. The minimum atomic E-state index is -0.289. The standard InChI is InChI=1S/C11H12N2O2S/c12-7-8-3-6-16-10(8)11(15)13-4-1-9(14)2-5-13/h3,6,9,14H,1-2,4-5H2. The summed E-state index contributed by atoms with van der Waals surface area (Å²) in [4.78, 5) is 14.3. The van der Waals surface area contributed by atoms with Crippen LogP contribution in [0.25, 0.3) is 0 Å². The molecule has 1 amide bonds. The van der Waals surface area contributed by atoms with Gasteiger partial charge in [-0.2, -0.15) is 5.26 Å². The number of aliphatic hydroxyl groups is 1. The van der Waals surface area contributed by atoms with Crippen LogP contribution in [0.2, 0.25) is 0 Å². The topological polar surface area (TPSA) is 64.3 Å². The highest BCUT2D eigenvalue weighted by molar-refractivity contribution is 7.12. The summed E-state index contributed by atoms with van der Waals surface area (Å²) in [6, 6.07) is 3.68. The Balaban J connectivity index is 2.11. The molecule has 1 saturated heterocycles. The molecule has 1 aliphatic rings. The summed E-state index contributed by atoms with van der Waals surface area (Å²) >= 11 is 1.30. The molecule has 0 radical (unpaired) electrons. The zero-order chi connectivity index (χ0) is 11.5. The van der Waals surface area contributed by atoms with Crippen LogP contribution in [0.1, 0.15) is 28.1 Å². The third-order valence-electron chi connectivity index (χ3n) is 2.73. The number of carbonyl (C=O) groups excluding carboxylic acids is 1. The maximum Gasteiger partial charge on any atom is 0.265 e. The van der Waals surface area contributed by atoms with E-state index in [1.54, 1.807) is 16.3 Å². The Hall–Kier alpha value is -1.38. The second-order valence-electron chi connectivity index (χ2n) is 3.80. The molecule has 84 valence electrons. The Bertz CT molecular complexity index is 427. The third-order valence-corrected chi connectivity index (χ3v) is 3.63. The molecule has 1 N–H and O–H groups in total. The quantitative estimate of drug-likeness (QED) is 0.797. The molecule has 2 heterocycles. The number of hydrogen-bond donors (Lipinski definition) is 1. The van der Waals surface area contributed by atoms with E-state index in [1.165, 1.54) is 11.3 Å². The molecular weight excluding hydrogens is 224 g/mol. The maximum atomic E-state index is 12.1. The molecule has 1 aliphatic heterocycles. The van der Waals surface area contributed by atoms with Gasteiger partial charge in [-0.3, -0.25) is 4.79 Å². The average Bonchev–Trinajstić information content (AvgIpc) is 2.77. The van der Waals surface area contributed by atoms with Gasteiger partial charge in [-0.05, 0) is 24.3 Å². The molecule has 5 heteroatoms. The summed E-state index contributed by atoms with van der Waals surface area (Å²) in [5.74, 6) is -0.0848. The Morgan fingerprint density at radius 2 is 2.25 bits per heavy atom. The minimum absolute atomic E-state index is 0.0848. The number of rotatable bonds is 1. The van der Waals surface area contributed by atoms with Gasteiger partial charge in [0, 0.05) is 13.1 Å². The van der Waals surface area contributed by atoms with Crippen LogP contribution in [0.15, 0.2) is 11.4 Å². The first-order valence-electron chi connectivity index (χ1n) is 5.17. The normalized spacial score (nSPS) is 17.1. The Kier molecular flexibility index (Phi) is 3.22. The fourth-order valence-corrected chi connectivity index (χ4v) is 2.59. The van der Waals surface area contributed by atoms with Crippen LogP contribution in [0.5, 0.6) is 0 Å². The predicted molar refractivity (Wildman–Crippen MR) is 60.2 cm³/mol. The van der Waals surface area contributed by atoms with Gasteiger partial charge in [0.2, 0.25) is 0 Å². The van der Waals surface area contributed by atoms with Gasteiger partial charge in [0.25, 0.3) is 5.91 Å². The van der Waals surface area contributed by atoms with Crippen molar-refractivity contribution < 1.29 is 9.90 Å². The van der Waals surface area contributed by atoms with Crippen molar-refractivity contribution >= 4 is 17.2 Å². The zero-order valence-electron chi connectivity index (χ0n) is 8.72. The van der Waals surface area contributed by atoms with Crippen molar-refractivity contribution in [1.82, 2.24) is 4.90 Å². The fourth-order valence-electron chi connectivity index (χ4n) is 1.78. The summed E-state index contributed by atoms with van der Waals surface area (Å²) in [5, 5.41) is 19.9. The minimum Gasteiger partial charge on any atom is -0.393 e. The van der Waals surface area contributed by atoms with Gasteiger partial charge in [-0.15, -0.1) is 11.3 Å². The van der Waals surface area contributed by atoms with Crippen molar-refractivity contribution in [3.63, 3.8) is 0 Å². The largest absolute Gasteiger partial charge is 0.393 e. The lowest BCUT2D eigenvalue weighted by atomic mass is 10.1. The van der Waals surface area contributed by atoms with E-state index in [9.17, 15) is 9.90 Å². The Morgan fingerprint density at radius 3 is 2.88 bits per heavy atom. The molecule has 0 spiro atoms. The SMILES string of the molecule is N#Cc1ccsc1C(=O)N1CCC(O)CC1. The van der Waals surface area contributed by atoms with Crippen molar-refractivity contribution in [1.29, 1.82) is 5.26 Å². The summed E-state index contributed by atoms with van der Waals surface area (Å²) in [6.45, 7) is 1.14. The number of carbonyl (C=O) groups is 1. The lowest BCUT2D eigenvalue weighted by molar-refractivity contribution is 0.0550. The number of aliphatic hydroxyl groups excluding tert-OH is 1. The molecule has 1 aromatic heterocycles. The van der Waals surface area contributed by atoms with Crippen molar-refractivity contribution in [2.24, 2.45) is 0 Å². The molecule has 2 rings (SSSR count). The van der Waals surface area contributed by atoms with E-state index in [2.05, 4.69) is 0 Å². The molecule has 1 aromatic rings.